The van der Waals surface area contributed by atoms with Crippen molar-refractivity contribution in [2.45, 2.75) is 26.2 Å². The molecule has 0 aliphatic carbocycles. The van der Waals surface area contributed by atoms with Crippen LogP contribution in [0.15, 0.2) is 42.5 Å². The van der Waals surface area contributed by atoms with Gasteiger partial charge in [0.25, 0.3) is 5.91 Å². The lowest BCUT2D eigenvalue weighted by molar-refractivity contribution is 0.0683. The van der Waals surface area contributed by atoms with Crippen LogP contribution in [0.2, 0.25) is 0 Å². The summed E-state index contributed by atoms with van der Waals surface area (Å²) in [4.78, 5) is 14.3. The number of hydrogen-bond donors (Lipinski definition) is 0. The van der Waals surface area contributed by atoms with E-state index in [1.165, 1.54) is 5.56 Å². The first-order chi connectivity index (χ1) is 10.7. The monoisotopic (exact) mass is 295 g/mol. The molecule has 114 valence electrons. The van der Waals surface area contributed by atoms with Gasteiger partial charge < -0.3 is 4.90 Å². The van der Waals surface area contributed by atoms with E-state index in [2.05, 4.69) is 34.5 Å². The topological polar surface area (TPSA) is 46.1 Å². The standard InChI is InChI=1S/C18H21N3O/c1-14-7-8-17(20-19-14)18(22)21-11-9-16(10-12-21)13-15-5-3-2-4-6-15/h2-8,16H,9-13H2,1H3. The summed E-state index contributed by atoms with van der Waals surface area (Å²) in [5, 5.41) is 7.97. The van der Waals surface area contributed by atoms with Crippen LogP contribution >= 0.6 is 0 Å². The van der Waals surface area contributed by atoms with Crippen LogP contribution in [0.4, 0.5) is 0 Å². The Labute approximate surface area is 131 Å². The summed E-state index contributed by atoms with van der Waals surface area (Å²) in [6.45, 7) is 3.49. The second-order valence-electron chi connectivity index (χ2n) is 5.99. The molecule has 22 heavy (non-hydrogen) atoms. The van der Waals surface area contributed by atoms with Gasteiger partial charge in [0.05, 0.1) is 5.69 Å². The van der Waals surface area contributed by atoms with E-state index in [0.717, 1.165) is 38.0 Å². The number of piperidine rings is 1. The Morgan fingerprint density at radius 3 is 2.45 bits per heavy atom. The van der Waals surface area contributed by atoms with Crippen molar-refractivity contribution in [1.29, 1.82) is 0 Å². The molecule has 0 bridgehead atoms. The molecule has 1 amide bonds. The molecule has 1 aliphatic heterocycles. The van der Waals surface area contributed by atoms with E-state index in [0.29, 0.717) is 11.6 Å². The van der Waals surface area contributed by atoms with Crippen molar-refractivity contribution in [3.8, 4) is 0 Å². The van der Waals surface area contributed by atoms with Crippen molar-refractivity contribution >= 4 is 5.91 Å². The quantitative estimate of drug-likeness (QED) is 0.874. The van der Waals surface area contributed by atoms with Crippen molar-refractivity contribution in [3.05, 3.63) is 59.4 Å². The van der Waals surface area contributed by atoms with Crippen LogP contribution in [-0.4, -0.2) is 34.1 Å². The highest BCUT2D eigenvalue weighted by Crippen LogP contribution is 2.22. The van der Waals surface area contributed by atoms with E-state index < -0.39 is 0 Å². The highest BCUT2D eigenvalue weighted by atomic mass is 16.2. The average molecular weight is 295 g/mol. The predicted octanol–water partition coefficient (Wildman–Crippen LogP) is 2.88. The second kappa shape index (κ2) is 6.69. The van der Waals surface area contributed by atoms with Gasteiger partial charge in [-0.3, -0.25) is 4.79 Å². The third-order valence-corrected chi connectivity index (χ3v) is 4.29. The van der Waals surface area contributed by atoms with E-state index in [1.54, 1.807) is 6.07 Å². The zero-order chi connectivity index (χ0) is 15.4. The number of aromatic nitrogens is 2. The number of rotatable bonds is 3. The van der Waals surface area contributed by atoms with Crippen LogP contribution in [0.3, 0.4) is 0 Å². The minimum atomic E-state index is 0.00524. The third kappa shape index (κ3) is 3.50. The zero-order valence-electron chi connectivity index (χ0n) is 12.9. The maximum Gasteiger partial charge on any atom is 0.274 e. The summed E-state index contributed by atoms with van der Waals surface area (Å²) >= 11 is 0. The summed E-state index contributed by atoms with van der Waals surface area (Å²) in [6, 6.07) is 14.2. The van der Waals surface area contributed by atoms with Crippen LogP contribution in [0, 0.1) is 12.8 Å². The number of carbonyl (C=O) groups is 1. The van der Waals surface area contributed by atoms with Gasteiger partial charge in [-0.15, -0.1) is 5.10 Å². The number of hydrogen-bond acceptors (Lipinski definition) is 3. The Morgan fingerprint density at radius 2 is 1.82 bits per heavy atom. The summed E-state index contributed by atoms with van der Waals surface area (Å²) in [5.41, 5.74) is 2.67. The van der Waals surface area contributed by atoms with Crippen molar-refractivity contribution < 1.29 is 4.79 Å². The maximum atomic E-state index is 12.4. The van der Waals surface area contributed by atoms with Crippen LogP contribution in [0.5, 0.6) is 0 Å². The van der Waals surface area contributed by atoms with Crippen LogP contribution in [-0.2, 0) is 6.42 Å². The second-order valence-corrected chi connectivity index (χ2v) is 5.99. The zero-order valence-corrected chi connectivity index (χ0v) is 12.9. The molecule has 1 aromatic heterocycles. The molecule has 0 unspecified atom stereocenters. The summed E-state index contributed by atoms with van der Waals surface area (Å²) in [6.07, 6.45) is 3.22. The van der Waals surface area contributed by atoms with Gasteiger partial charge in [0.2, 0.25) is 0 Å². The fraction of sp³-hybridized carbons (Fsp3) is 0.389. The number of carbonyl (C=O) groups excluding carboxylic acids is 1. The van der Waals surface area contributed by atoms with Crippen molar-refractivity contribution in [2.75, 3.05) is 13.1 Å². The third-order valence-electron chi connectivity index (χ3n) is 4.29. The SMILES string of the molecule is Cc1ccc(C(=O)N2CCC(Cc3ccccc3)CC2)nn1. The minimum Gasteiger partial charge on any atom is -0.337 e. The number of aryl methyl sites for hydroxylation is 1. The van der Waals surface area contributed by atoms with Crippen LogP contribution in [0.1, 0.15) is 34.6 Å². The van der Waals surface area contributed by atoms with Crippen LogP contribution < -0.4 is 0 Å². The molecule has 0 spiro atoms. The first kappa shape index (κ1) is 14.7. The van der Waals surface area contributed by atoms with Gasteiger partial charge in [-0.25, -0.2) is 0 Å². The van der Waals surface area contributed by atoms with Gasteiger partial charge in [0.15, 0.2) is 5.69 Å². The first-order valence-electron chi connectivity index (χ1n) is 7.86. The Balaban J connectivity index is 1.55. The molecule has 1 aliphatic rings. The van der Waals surface area contributed by atoms with Gasteiger partial charge in [0, 0.05) is 13.1 Å². The lowest BCUT2D eigenvalue weighted by atomic mass is 9.90. The average Bonchev–Trinajstić information content (AvgIpc) is 2.57. The highest BCUT2D eigenvalue weighted by molar-refractivity contribution is 5.92. The number of amides is 1. The molecule has 1 fully saturated rings. The smallest absolute Gasteiger partial charge is 0.274 e. The Bertz CT molecular complexity index is 617. The van der Waals surface area contributed by atoms with Gasteiger partial charge >= 0.3 is 0 Å². The van der Waals surface area contributed by atoms with E-state index in [4.69, 9.17) is 0 Å². The molecule has 0 saturated carbocycles. The molecule has 0 N–H and O–H groups in total. The Morgan fingerprint density at radius 1 is 1.09 bits per heavy atom. The maximum absolute atomic E-state index is 12.4. The van der Waals surface area contributed by atoms with Gasteiger partial charge in [0.1, 0.15) is 0 Å². The first-order valence-corrected chi connectivity index (χ1v) is 7.86. The van der Waals surface area contributed by atoms with Crippen LogP contribution in [0.25, 0.3) is 0 Å². The van der Waals surface area contributed by atoms with E-state index >= 15 is 0 Å². The molecule has 3 rings (SSSR count). The van der Waals surface area contributed by atoms with Gasteiger partial charge in [-0.1, -0.05) is 30.3 Å². The molecule has 2 heterocycles. The molecule has 2 aromatic rings. The normalized spacial score (nSPS) is 15.8. The van der Waals surface area contributed by atoms with Crippen molar-refractivity contribution in [2.24, 2.45) is 5.92 Å². The molecular weight excluding hydrogens is 274 g/mol. The summed E-state index contributed by atoms with van der Waals surface area (Å²) in [5.74, 6) is 0.668. The minimum absolute atomic E-state index is 0.00524. The molecule has 0 radical (unpaired) electrons. The number of benzene rings is 1. The molecular formula is C18H21N3O. The molecule has 4 heteroatoms. The van der Waals surface area contributed by atoms with Crippen molar-refractivity contribution in [1.82, 2.24) is 15.1 Å². The van der Waals surface area contributed by atoms with E-state index in [1.807, 2.05) is 24.0 Å². The van der Waals surface area contributed by atoms with Crippen molar-refractivity contribution in [3.63, 3.8) is 0 Å². The lowest BCUT2D eigenvalue weighted by Gasteiger charge is -2.31. The lowest BCUT2D eigenvalue weighted by Crippen LogP contribution is -2.39. The Kier molecular flexibility index (Phi) is 4.47. The van der Waals surface area contributed by atoms with Gasteiger partial charge in [-0.05, 0) is 49.8 Å². The largest absolute Gasteiger partial charge is 0.337 e. The number of likely N-dealkylation sites (tertiary alicyclic amines) is 1. The molecule has 0 atom stereocenters. The summed E-state index contributed by atoms with van der Waals surface area (Å²) < 4.78 is 0. The molecule has 1 aromatic carbocycles. The number of nitrogens with zero attached hydrogens (tertiary/aromatic N) is 3. The molecule has 1 saturated heterocycles. The van der Waals surface area contributed by atoms with Gasteiger partial charge in [-0.2, -0.15) is 5.10 Å². The van der Waals surface area contributed by atoms with E-state index in [9.17, 15) is 4.79 Å². The van der Waals surface area contributed by atoms with E-state index in [-0.39, 0.29) is 5.91 Å². The Hall–Kier alpha value is -2.23. The highest BCUT2D eigenvalue weighted by Gasteiger charge is 2.24. The fourth-order valence-electron chi connectivity index (χ4n) is 2.96. The fourth-order valence-corrected chi connectivity index (χ4v) is 2.96. The molecule has 4 nitrogen and oxygen atoms in total. The predicted molar refractivity (Wildman–Crippen MR) is 85.5 cm³/mol. The summed E-state index contributed by atoms with van der Waals surface area (Å²) in [7, 11) is 0.